The summed E-state index contributed by atoms with van der Waals surface area (Å²) in [5, 5.41) is 20.0. The Kier molecular flexibility index (Phi) is 3.30. The highest BCUT2D eigenvalue weighted by Crippen LogP contribution is 2.33. The number of aliphatic hydroxyl groups is 2. The van der Waals surface area contributed by atoms with Crippen LogP contribution in [-0.2, 0) is 4.74 Å². The average Bonchev–Trinajstić information content (AvgIpc) is 3.22. The topological polar surface area (TPSA) is 97.7 Å². The molecule has 0 saturated carbocycles. The molecule has 2 N–H and O–H groups in total. The number of imidazole rings is 2. The summed E-state index contributed by atoms with van der Waals surface area (Å²) in [7, 11) is 0. The molecule has 1 fully saturated rings. The summed E-state index contributed by atoms with van der Waals surface area (Å²) in [4.78, 5) is 13.2. The normalized spacial score (nSPS) is 25.5. The van der Waals surface area contributed by atoms with Crippen LogP contribution in [0.3, 0.4) is 0 Å². The van der Waals surface area contributed by atoms with Crippen LogP contribution in [0.2, 0.25) is 0 Å². The van der Waals surface area contributed by atoms with Gasteiger partial charge >= 0.3 is 0 Å². The number of hydrogen-bond acceptors (Lipinski definition) is 7. The first-order valence-corrected chi connectivity index (χ1v) is 8.13. The molecular weight excluding hydrogens is 306 g/mol. The lowest BCUT2D eigenvalue weighted by atomic mass is 10.2. The van der Waals surface area contributed by atoms with Crippen molar-refractivity contribution in [3.63, 3.8) is 0 Å². The van der Waals surface area contributed by atoms with Gasteiger partial charge in [-0.25, -0.2) is 15.0 Å². The smallest absolute Gasteiger partial charge is 0.236 e. The third-order valence-corrected chi connectivity index (χ3v) is 4.58. The van der Waals surface area contributed by atoms with Crippen LogP contribution in [0, 0.1) is 0 Å². The van der Waals surface area contributed by atoms with Gasteiger partial charge in [-0.15, -0.1) is 11.8 Å². The van der Waals surface area contributed by atoms with Crippen LogP contribution in [0.15, 0.2) is 23.7 Å². The average molecular weight is 321 g/mol. The van der Waals surface area contributed by atoms with E-state index in [1.54, 1.807) is 12.5 Å². The van der Waals surface area contributed by atoms with Crippen molar-refractivity contribution in [1.82, 2.24) is 23.9 Å². The summed E-state index contributed by atoms with van der Waals surface area (Å²) in [5.74, 6) is 0.593. The second-order valence-electron chi connectivity index (χ2n) is 5.16. The molecule has 116 valence electrons. The Morgan fingerprint density at radius 1 is 1.45 bits per heavy atom. The first kappa shape index (κ1) is 13.9. The summed E-state index contributed by atoms with van der Waals surface area (Å²) >= 11 is 1.51. The largest absolute Gasteiger partial charge is 0.394 e. The second-order valence-corrected chi connectivity index (χ2v) is 5.95. The third-order valence-electron chi connectivity index (χ3n) is 3.91. The van der Waals surface area contributed by atoms with E-state index in [4.69, 9.17) is 4.74 Å². The highest BCUT2D eigenvalue weighted by atomic mass is 32.2. The first-order valence-electron chi connectivity index (χ1n) is 6.91. The number of aromatic nitrogens is 5. The van der Waals surface area contributed by atoms with Crippen LogP contribution in [0.5, 0.6) is 0 Å². The SMILES string of the molecule is CSc1nc2nccn2c2c1ncn2C1CC(O)C(CO)O1. The van der Waals surface area contributed by atoms with E-state index < -0.39 is 12.2 Å². The van der Waals surface area contributed by atoms with Gasteiger partial charge in [-0.1, -0.05) is 0 Å². The van der Waals surface area contributed by atoms with Gasteiger partial charge in [0.15, 0.2) is 5.65 Å². The van der Waals surface area contributed by atoms with Crippen molar-refractivity contribution in [2.24, 2.45) is 0 Å². The van der Waals surface area contributed by atoms with Crippen molar-refractivity contribution < 1.29 is 14.9 Å². The molecular formula is C13H15N5O3S. The van der Waals surface area contributed by atoms with Crippen molar-refractivity contribution >= 4 is 28.7 Å². The maximum atomic E-state index is 9.95. The summed E-state index contributed by atoms with van der Waals surface area (Å²) in [5.41, 5.74) is 1.59. The van der Waals surface area contributed by atoms with Gasteiger partial charge < -0.3 is 14.9 Å². The lowest BCUT2D eigenvalue weighted by Crippen LogP contribution is -2.24. The molecule has 0 amide bonds. The zero-order valence-corrected chi connectivity index (χ0v) is 12.6. The van der Waals surface area contributed by atoms with Crippen molar-refractivity contribution in [3.05, 3.63) is 18.7 Å². The zero-order chi connectivity index (χ0) is 15.3. The Balaban J connectivity index is 1.90. The van der Waals surface area contributed by atoms with Crippen LogP contribution in [-0.4, -0.2) is 59.2 Å². The Morgan fingerprint density at radius 2 is 2.32 bits per heavy atom. The number of aliphatic hydroxyl groups excluding tert-OH is 2. The molecule has 3 aromatic heterocycles. The van der Waals surface area contributed by atoms with Crippen LogP contribution in [0.1, 0.15) is 12.6 Å². The summed E-state index contributed by atoms with van der Waals surface area (Å²) in [6.45, 7) is -0.206. The van der Waals surface area contributed by atoms with Crippen LogP contribution < -0.4 is 0 Å². The van der Waals surface area contributed by atoms with E-state index >= 15 is 0 Å². The minimum Gasteiger partial charge on any atom is -0.394 e. The zero-order valence-electron chi connectivity index (χ0n) is 11.8. The fourth-order valence-electron chi connectivity index (χ4n) is 2.83. The van der Waals surface area contributed by atoms with Crippen LogP contribution in [0.4, 0.5) is 0 Å². The molecule has 0 aromatic carbocycles. The highest BCUT2D eigenvalue weighted by molar-refractivity contribution is 7.98. The van der Waals surface area contributed by atoms with Gasteiger partial charge in [0, 0.05) is 18.8 Å². The highest BCUT2D eigenvalue weighted by Gasteiger charge is 2.35. The predicted octanol–water partition coefficient (Wildman–Crippen LogP) is 0.442. The molecule has 3 aromatic rings. The summed E-state index contributed by atoms with van der Waals surface area (Å²) in [6.07, 6.45) is 5.91. The molecule has 0 spiro atoms. The van der Waals surface area contributed by atoms with Gasteiger partial charge in [0.2, 0.25) is 5.78 Å². The minimum absolute atomic E-state index is 0.206. The lowest BCUT2D eigenvalue weighted by Gasteiger charge is -2.14. The van der Waals surface area contributed by atoms with Crippen molar-refractivity contribution in [2.45, 2.75) is 29.9 Å². The van der Waals surface area contributed by atoms with E-state index in [0.717, 1.165) is 16.2 Å². The third kappa shape index (κ3) is 1.93. The Hall–Kier alpha value is -1.68. The second kappa shape index (κ2) is 5.20. The molecule has 0 aliphatic carbocycles. The van der Waals surface area contributed by atoms with Crippen molar-refractivity contribution in [2.75, 3.05) is 12.9 Å². The molecule has 8 nitrogen and oxygen atoms in total. The van der Waals surface area contributed by atoms with Crippen molar-refractivity contribution in [3.8, 4) is 0 Å². The number of thioether (sulfide) groups is 1. The van der Waals surface area contributed by atoms with Crippen molar-refractivity contribution in [1.29, 1.82) is 0 Å². The predicted molar refractivity (Wildman–Crippen MR) is 79.7 cm³/mol. The van der Waals surface area contributed by atoms with Gasteiger partial charge in [-0.3, -0.25) is 8.97 Å². The maximum absolute atomic E-state index is 9.95. The monoisotopic (exact) mass is 321 g/mol. The molecule has 1 aliphatic rings. The van der Waals surface area contributed by atoms with Gasteiger partial charge in [-0.05, 0) is 6.26 Å². The number of rotatable bonds is 3. The van der Waals surface area contributed by atoms with Gasteiger partial charge in [0.05, 0.1) is 19.0 Å². The molecule has 3 atom stereocenters. The number of hydrogen-bond donors (Lipinski definition) is 2. The maximum Gasteiger partial charge on any atom is 0.236 e. The van der Waals surface area contributed by atoms with Gasteiger partial charge in [0.25, 0.3) is 0 Å². The molecule has 4 rings (SSSR count). The van der Waals surface area contributed by atoms with Crippen LogP contribution in [0.25, 0.3) is 16.9 Å². The molecule has 4 heterocycles. The lowest BCUT2D eigenvalue weighted by molar-refractivity contribution is -0.0432. The fourth-order valence-corrected chi connectivity index (χ4v) is 3.34. The number of fused-ring (bicyclic) bond motifs is 3. The summed E-state index contributed by atoms with van der Waals surface area (Å²) < 4.78 is 9.45. The molecule has 0 radical (unpaired) electrons. The molecule has 1 aliphatic heterocycles. The molecule has 0 bridgehead atoms. The quantitative estimate of drug-likeness (QED) is 0.533. The first-order chi connectivity index (χ1) is 10.7. The van der Waals surface area contributed by atoms with E-state index in [1.165, 1.54) is 11.8 Å². The molecule has 9 heteroatoms. The number of nitrogens with zero attached hydrogens (tertiary/aromatic N) is 5. The van der Waals surface area contributed by atoms with E-state index in [0.29, 0.717) is 12.2 Å². The molecule has 22 heavy (non-hydrogen) atoms. The standard InChI is InChI=1S/C13H15N5O3S/c1-22-11-10-12(17-3-2-14-13(17)16-11)18(6-15-10)9-4-7(20)8(5-19)21-9/h2-3,6-9,19-20H,4-5H2,1H3. The Bertz CT molecular complexity index is 832. The van der Waals surface area contributed by atoms with E-state index in [-0.39, 0.29) is 12.8 Å². The summed E-state index contributed by atoms with van der Waals surface area (Å²) in [6, 6.07) is 0. The van der Waals surface area contributed by atoms with E-state index in [2.05, 4.69) is 15.0 Å². The fraction of sp³-hybridized carbons (Fsp3) is 0.462. The molecule has 1 saturated heterocycles. The van der Waals surface area contributed by atoms with Crippen LogP contribution >= 0.6 is 11.8 Å². The van der Waals surface area contributed by atoms with E-state index in [1.807, 2.05) is 21.4 Å². The minimum atomic E-state index is -0.687. The van der Waals surface area contributed by atoms with Gasteiger partial charge in [0.1, 0.15) is 22.9 Å². The van der Waals surface area contributed by atoms with E-state index in [9.17, 15) is 10.2 Å². The van der Waals surface area contributed by atoms with Gasteiger partial charge in [-0.2, -0.15) is 0 Å². The Labute approximate surface area is 129 Å². The number of ether oxygens (including phenoxy) is 1. The molecule has 3 unspecified atom stereocenters. The Morgan fingerprint density at radius 3 is 3.05 bits per heavy atom.